The predicted molar refractivity (Wildman–Crippen MR) is 102 cm³/mol. The molecule has 2 aliphatic carbocycles. The van der Waals surface area contributed by atoms with Crippen LogP contribution in [0, 0.1) is 11.8 Å². The fourth-order valence-corrected chi connectivity index (χ4v) is 3.22. The molecule has 1 atom stereocenters. The fraction of sp³-hybridized carbons (Fsp3) is 0.333. The predicted octanol–water partition coefficient (Wildman–Crippen LogP) is 4.57. The minimum Gasteiger partial charge on any atom is -0.345 e. The Morgan fingerprint density at radius 3 is 2.15 bits per heavy atom. The van der Waals surface area contributed by atoms with Gasteiger partial charge in [-0.15, -0.1) is 0 Å². The van der Waals surface area contributed by atoms with Gasteiger partial charge in [0, 0.05) is 22.2 Å². The molecule has 5 heteroatoms. The second-order valence-electron chi connectivity index (χ2n) is 7.18. The number of halogens is 1. The number of rotatable bonds is 6. The van der Waals surface area contributed by atoms with Crippen LogP contribution in [0.4, 0.5) is 5.69 Å². The van der Waals surface area contributed by atoms with Crippen molar-refractivity contribution in [3.63, 3.8) is 0 Å². The monoisotopic (exact) mass is 368 g/mol. The maximum absolute atomic E-state index is 12.7. The molecule has 4 nitrogen and oxygen atoms in total. The summed E-state index contributed by atoms with van der Waals surface area (Å²) in [7, 11) is 0. The Bertz CT molecular complexity index is 809. The third kappa shape index (κ3) is 4.07. The molecular weight excluding hydrogens is 348 g/mol. The van der Waals surface area contributed by atoms with Gasteiger partial charge in [-0.05, 0) is 73.6 Å². The van der Waals surface area contributed by atoms with Crippen molar-refractivity contribution in [1.29, 1.82) is 0 Å². The molecule has 26 heavy (non-hydrogen) atoms. The third-order valence-corrected chi connectivity index (χ3v) is 5.22. The van der Waals surface area contributed by atoms with Crippen LogP contribution in [0.15, 0.2) is 48.5 Å². The van der Waals surface area contributed by atoms with E-state index in [0.717, 1.165) is 36.9 Å². The summed E-state index contributed by atoms with van der Waals surface area (Å²) in [6.07, 6.45) is 4.19. The van der Waals surface area contributed by atoms with Gasteiger partial charge in [-0.25, -0.2) is 0 Å². The molecule has 0 aromatic heterocycles. The molecule has 2 aromatic carbocycles. The van der Waals surface area contributed by atoms with Gasteiger partial charge < -0.3 is 10.6 Å². The van der Waals surface area contributed by atoms with Crippen LogP contribution in [0.3, 0.4) is 0 Å². The number of carbonyl (C=O) groups excluding carboxylic acids is 2. The first kappa shape index (κ1) is 17.1. The van der Waals surface area contributed by atoms with Crippen LogP contribution in [0.5, 0.6) is 0 Å². The van der Waals surface area contributed by atoms with Crippen molar-refractivity contribution in [2.45, 2.75) is 31.7 Å². The van der Waals surface area contributed by atoms with Crippen molar-refractivity contribution in [3.8, 4) is 0 Å². The minimum atomic E-state index is -0.100. The third-order valence-electron chi connectivity index (χ3n) is 4.97. The van der Waals surface area contributed by atoms with Crippen molar-refractivity contribution in [2.24, 2.45) is 11.8 Å². The second kappa shape index (κ2) is 7.12. The van der Waals surface area contributed by atoms with E-state index in [9.17, 15) is 9.59 Å². The van der Waals surface area contributed by atoms with E-state index in [1.54, 1.807) is 24.3 Å². The molecule has 0 aliphatic heterocycles. The first-order valence-electron chi connectivity index (χ1n) is 9.07. The van der Waals surface area contributed by atoms with Gasteiger partial charge in [0.1, 0.15) is 0 Å². The summed E-state index contributed by atoms with van der Waals surface area (Å²) in [5.41, 5.74) is 2.41. The van der Waals surface area contributed by atoms with Gasteiger partial charge in [0.15, 0.2) is 0 Å². The highest BCUT2D eigenvalue weighted by molar-refractivity contribution is 6.30. The molecule has 0 spiro atoms. The Labute approximate surface area is 157 Å². The Hall–Kier alpha value is -2.33. The number of carbonyl (C=O) groups is 2. The molecule has 2 saturated carbocycles. The standard InChI is InChI=1S/C21H21ClN2O2/c22-17-9-5-14(6-10-17)19(13-1-2-13)24-21(26)16-7-11-18(12-8-16)23-20(25)15-3-4-15/h5-13,15,19H,1-4H2,(H,23,25)(H,24,26). The van der Waals surface area contributed by atoms with Crippen LogP contribution in [0.2, 0.25) is 5.02 Å². The summed E-state index contributed by atoms with van der Waals surface area (Å²) < 4.78 is 0. The molecule has 0 radical (unpaired) electrons. The van der Waals surface area contributed by atoms with Gasteiger partial charge in [0.05, 0.1) is 6.04 Å². The van der Waals surface area contributed by atoms with E-state index in [-0.39, 0.29) is 23.8 Å². The van der Waals surface area contributed by atoms with E-state index in [4.69, 9.17) is 11.6 Å². The van der Waals surface area contributed by atoms with Crippen LogP contribution < -0.4 is 10.6 Å². The first-order chi connectivity index (χ1) is 12.6. The lowest BCUT2D eigenvalue weighted by molar-refractivity contribution is -0.117. The van der Waals surface area contributed by atoms with E-state index in [1.165, 1.54) is 0 Å². The smallest absolute Gasteiger partial charge is 0.251 e. The van der Waals surface area contributed by atoms with Gasteiger partial charge >= 0.3 is 0 Å². The van der Waals surface area contributed by atoms with Gasteiger partial charge in [-0.3, -0.25) is 9.59 Å². The average molecular weight is 369 g/mol. The largest absolute Gasteiger partial charge is 0.345 e. The summed E-state index contributed by atoms with van der Waals surface area (Å²) in [6.45, 7) is 0. The van der Waals surface area contributed by atoms with Crippen molar-refractivity contribution < 1.29 is 9.59 Å². The van der Waals surface area contributed by atoms with Crippen LogP contribution in [0.1, 0.15) is 47.6 Å². The summed E-state index contributed by atoms with van der Waals surface area (Å²) in [5, 5.41) is 6.73. The quantitative estimate of drug-likeness (QED) is 0.784. The maximum Gasteiger partial charge on any atom is 0.251 e. The lowest BCUT2D eigenvalue weighted by Crippen LogP contribution is -2.29. The average Bonchev–Trinajstić information content (AvgIpc) is 3.54. The lowest BCUT2D eigenvalue weighted by Gasteiger charge is -2.19. The van der Waals surface area contributed by atoms with Crippen LogP contribution in [-0.2, 0) is 4.79 Å². The molecule has 4 rings (SSSR count). The number of nitrogens with one attached hydrogen (secondary N) is 2. The van der Waals surface area contributed by atoms with Gasteiger partial charge in [-0.1, -0.05) is 23.7 Å². The van der Waals surface area contributed by atoms with Crippen molar-refractivity contribution >= 4 is 29.1 Å². The van der Waals surface area contributed by atoms with E-state index in [2.05, 4.69) is 10.6 Å². The summed E-state index contributed by atoms with van der Waals surface area (Å²) in [6, 6.07) is 14.7. The molecule has 0 saturated heterocycles. The van der Waals surface area contributed by atoms with E-state index >= 15 is 0 Å². The van der Waals surface area contributed by atoms with Gasteiger partial charge in [0.2, 0.25) is 5.91 Å². The van der Waals surface area contributed by atoms with Crippen LogP contribution in [0.25, 0.3) is 0 Å². The van der Waals surface area contributed by atoms with E-state index in [1.807, 2.05) is 24.3 Å². The lowest BCUT2D eigenvalue weighted by atomic mass is 10.0. The van der Waals surface area contributed by atoms with Crippen LogP contribution in [-0.4, -0.2) is 11.8 Å². The number of amides is 2. The van der Waals surface area contributed by atoms with Gasteiger partial charge in [-0.2, -0.15) is 0 Å². The zero-order valence-electron chi connectivity index (χ0n) is 14.4. The number of hydrogen-bond donors (Lipinski definition) is 2. The van der Waals surface area contributed by atoms with Crippen molar-refractivity contribution in [1.82, 2.24) is 5.32 Å². The first-order valence-corrected chi connectivity index (χ1v) is 9.45. The number of hydrogen-bond acceptors (Lipinski definition) is 2. The molecule has 2 fully saturated rings. The molecule has 0 heterocycles. The second-order valence-corrected chi connectivity index (χ2v) is 7.62. The summed E-state index contributed by atoms with van der Waals surface area (Å²) >= 11 is 5.97. The molecule has 2 N–H and O–H groups in total. The van der Waals surface area contributed by atoms with E-state index in [0.29, 0.717) is 16.5 Å². The molecule has 134 valence electrons. The molecule has 2 amide bonds. The van der Waals surface area contributed by atoms with Crippen molar-refractivity contribution in [3.05, 3.63) is 64.7 Å². The zero-order chi connectivity index (χ0) is 18.1. The molecular formula is C21H21ClN2O2. The Balaban J connectivity index is 1.42. The Morgan fingerprint density at radius 2 is 1.58 bits per heavy atom. The van der Waals surface area contributed by atoms with E-state index < -0.39 is 0 Å². The molecule has 2 aliphatic rings. The highest BCUT2D eigenvalue weighted by Crippen LogP contribution is 2.41. The summed E-state index contributed by atoms with van der Waals surface area (Å²) in [5.74, 6) is 0.615. The van der Waals surface area contributed by atoms with Gasteiger partial charge in [0.25, 0.3) is 5.91 Å². The SMILES string of the molecule is O=C(NC(c1ccc(Cl)cc1)C1CC1)c1ccc(NC(=O)C2CC2)cc1. The Kier molecular flexibility index (Phi) is 4.68. The van der Waals surface area contributed by atoms with Crippen LogP contribution >= 0.6 is 11.6 Å². The molecule has 0 bridgehead atoms. The molecule has 1 unspecified atom stereocenters. The number of benzene rings is 2. The zero-order valence-corrected chi connectivity index (χ0v) is 15.1. The maximum atomic E-state index is 12.7. The highest BCUT2D eigenvalue weighted by atomic mass is 35.5. The Morgan fingerprint density at radius 1 is 0.923 bits per heavy atom. The number of anilines is 1. The van der Waals surface area contributed by atoms with Crippen molar-refractivity contribution in [2.75, 3.05) is 5.32 Å². The molecule has 2 aromatic rings. The summed E-state index contributed by atoms with van der Waals surface area (Å²) in [4.78, 5) is 24.5. The normalized spacial score (nSPS) is 17.4. The fourth-order valence-electron chi connectivity index (χ4n) is 3.09. The minimum absolute atomic E-state index is 0.00834. The topological polar surface area (TPSA) is 58.2 Å². The highest BCUT2D eigenvalue weighted by Gasteiger charge is 2.33.